The first kappa shape index (κ1) is 8.37. The fourth-order valence-corrected chi connectivity index (χ4v) is 1.44. The number of hydrogen-bond donors (Lipinski definition) is 2. The average Bonchev–Trinajstić information content (AvgIpc) is 1.88. The first-order valence-corrected chi connectivity index (χ1v) is 4.30. The van der Waals surface area contributed by atoms with Gasteiger partial charge in [0.2, 0.25) is 0 Å². The van der Waals surface area contributed by atoms with Gasteiger partial charge in [0.15, 0.2) is 0 Å². The predicted octanol–water partition coefficient (Wildman–Crippen LogP) is 0.683. The zero-order valence-corrected chi connectivity index (χ0v) is 7.23. The summed E-state index contributed by atoms with van der Waals surface area (Å²) in [6.07, 6.45) is 1.10. The molecule has 0 aromatic rings. The van der Waals surface area contributed by atoms with Crippen LogP contribution in [0.2, 0.25) is 0 Å². The molecule has 1 heterocycles. The van der Waals surface area contributed by atoms with E-state index in [2.05, 4.69) is 24.9 Å². The van der Waals surface area contributed by atoms with Gasteiger partial charge in [0.05, 0.1) is 13.2 Å². The minimum absolute atomic E-state index is 0.471. The molecule has 1 aliphatic rings. The summed E-state index contributed by atoms with van der Waals surface area (Å²) in [4.78, 5) is 0. The lowest BCUT2D eigenvalue weighted by Gasteiger charge is -2.24. The van der Waals surface area contributed by atoms with Gasteiger partial charge in [-0.25, -0.2) is 0 Å². The molecule has 0 radical (unpaired) electrons. The van der Waals surface area contributed by atoms with Crippen LogP contribution < -0.4 is 5.32 Å². The van der Waals surface area contributed by atoms with Crippen LogP contribution in [0.5, 0.6) is 0 Å². The van der Waals surface area contributed by atoms with Gasteiger partial charge in [0.25, 0.3) is 0 Å². The lowest BCUT2D eigenvalue weighted by Crippen LogP contribution is -2.42. The summed E-state index contributed by atoms with van der Waals surface area (Å²) in [7, 11) is 0. The summed E-state index contributed by atoms with van der Waals surface area (Å²) in [6, 6.07) is 0.529. The van der Waals surface area contributed by atoms with E-state index >= 15 is 0 Å². The highest BCUT2D eigenvalue weighted by Crippen LogP contribution is 2.06. The number of hydrogen-bond acceptors (Lipinski definition) is 3. The maximum atomic E-state index is 5.29. The number of nitrogens with one attached hydrogen (secondary N) is 1. The normalized spacial score (nSPS) is 30.0. The lowest BCUT2D eigenvalue weighted by molar-refractivity contribution is 0.0745. The topological polar surface area (TPSA) is 21.3 Å². The molecule has 0 aliphatic carbocycles. The van der Waals surface area contributed by atoms with Gasteiger partial charge in [-0.2, -0.15) is 12.6 Å². The van der Waals surface area contributed by atoms with E-state index in [0.717, 1.165) is 26.2 Å². The van der Waals surface area contributed by atoms with Crippen LogP contribution in [-0.4, -0.2) is 31.1 Å². The SMILES string of the molecule is CC(S)CC1COCCN1. The molecule has 0 saturated carbocycles. The van der Waals surface area contributed by atoms with E-state index in [0.29, 0.717) is 11.3 Å². The minimum atomic E-state index is 0.471. The third-order valence-electron chi connectivity index (χ3n) is 1.62. The quantitative estimate of drug-likeness (QED) is 0.581. The molecule has 0 spiro atoms. The second-order valence-electron chi connectivity index (χ2n) is 2.81. The van der Waals surface area contributed by atoms with E-state index in [4.69, 9.17) is 4.74 Å². The van der Waals surface area contributed by atoms with E-state index < -0.39 is 0 Å². The molecule has 1 saturated heterocycles. The summed E-state index contributed by atoms with van der Waals surface area (Å²) >= 11 is 4.31. The number of ether oxygens (including phenoxy) is 1. The molecule has 3 heteroatoms. The van der Waals surface area contributed by atoms with E-state index in [9.17, 15) is 0 Å². The van der Waals surface area contributed by atoms with Crippen LogP contribution in [0.25, 0.3) is 0 Å². The highest BCUT2D eigenvalue weighted by molar-refractivity contribution is 7.80. The zero-order valence-electron chi connectivity index (χ0n) is 6.34. The summed E-state index contributed by atoms with van der Waals surface area (Å²) in [5, 5.41) is 3.85. The third-order valence-corrected chi connectivity index (χ3v) is 1.83. The largest absolute Gasteiger partial charge is 0.379 e. The van der Waals surface area contributed by atoms with Crippen molar-refractivity contribution in [3.8, 4) is 0 Å². The van der Waals surface area contributed by atoms with Gasteiger partial charge < -0.3 is 10.1 Å². The summed E-state index contributed by atoms with van der Waals surface area (Å²) in [5.74, 6) is 0. The van der Waals surface area contributed by atoms with Crippen molar-refractivity contribution in [3.05, 3.63) is 0 Å². The Labute approximate surface area is 67.7 Å². The van der Waals surface area contributed by atoms with Crippen molar-refractivity contribution < 1.29 is 4.74 Å². The van der Waals surface area contributed by atoms with Crippen LogP contribution >= 0.6 is 12.6 Å². The molecule has 1 N–H and O–H groups in total. The third kappa shape index (κ3) is 2.90. The molecule has 1 rings (SSSR count). The average molecular weight is 161 g/mol. The molecule has 60 valence electrons. The van der Waals surface area contributed by atoms with E-state index in [1.807, 2.05) is 0 Å². The highest BCUT2D eigenvalue weighted by atomic mass is 32.1. The van der Waals surface area contributed by atoms with Crippen molar-refractivity contribution in [2.75, 3.05) is 19.8 Å². The van der Waals surface area contributed by atoms with Gasteiger partial charge >= 0.3 is 0 Å². The van der Waals surface area contributed by atoms with Gasteiger partial charge in [0, 0.05) is 17.8 Å². The van der Waals surface area contributed by atoms with Crippen molar-refractivity contribution in [2.45, 2.75) is 24.6 Å². The highest BCUT2D eigenvalue weighted by Gasteiger charge is 2.13. The van der Waals surface area contributed by atoms with E-state index in [1.54, 1.807) is 0 Å². The number of rotatable bonds is 2. The Morgan fingerprint density at radius 3 is 3.10 bits per heavy atom. The lowest BCUT2D eigenvalue weighted by atomic mass is 10.1. The van der Waals surface area contributed by atoms with Gasteiger partial charge in [-0.3, -0.25) is 0 Å². The summed E-state index contributed by atoms with van der Waals surface area (Å²) in [5.41, 5.74) is 0. The molecular weight excluding hydrogens is 146 g/mol. The standard InChI is InChI=1S/C7H15NOS/c1-6(10)4-7-5-9-3-2-8-7/h6-8,10H,2-5H2,1H3. The van der Waals surface area contributed by atoms with E-state index in [1.165, 1.54) is 0 Å². The molecule has 0 amide bonds. The molecule has 10 heavy (non-hydrogen) atoms. The summed E-state index contributed by atoms with van der Waals surface area (Å²) in [6.45, 7) is 4.81. The Balaban J connectivity index is 2.13. The number of morpholine rings is 1. The van der Waals surface area contributed by atoms with E-state index in [-0.39, 0.29) is 0 Å². The van der Waals surface area contributed by atoms with Crippen LogP contribution in [-0.2, 0) is 4.74 Å². The van der Waals surface area contributed by atoms with Crippen molar-refractivity contribution in [3.63, 3.8) is 0 Å². The fourth-order valence-electron chi connectivity index (χ4n) is 1.18. The summed E-state index contributed by atoms with van der Waals surface area (Å²) < 4.78 is 5.29. The van der Waals surface area contributed by atoms with Crippen LogP contribution in [0.15, 0.2) is 0 Å². The molecule has 0 bridgehead atoms. The van der Waals surface area contributed by atoms with Crippen molar-refractivity contribution >= 4 is 12.6 Å². The maximum Gasteiger partial charge on any atom is 0.0620 e. The Morgan fingerprint density at radius 1 is 1.80 bits per heavy atom. The molecule has 0 aromatic carbocycles. The smallest absolute Gasteiger partial charge is 0.0620 e. The molecule has 1 fully saturated rings. The second-order valence-corrected chi connectivity index (χ2v) is 3.69. The minimum Gasteiger partial charge on any atom is -0.379 e. The monoisotopic (exact) mass is 161 g/mol. The molecule has 1 aliphatic heterocycles. The van der Waals surface area contributed by atoms with Crippen LogP contribution in [0.4, 0.5) is 0 Å². The maximum absolute atomic E-state index is 5.29. The van der Waals surface area contributed by atoms with Gasteiger partial charge in [-0.1, -0.05) is 6.92 Å². The number of thiol groups is 1. The van der Waals surface area contributed by atoms with Crippen LogP contribution in [0.1, 0.15) is 13.3 Å². The predicted molar refractivity (Wildman–Crippen MR) is 45.7 cm³/mol. The van der Waals surface area contributed by atoms with Gasteiger partial charge in [-0.15, -0.1) is 0 Å². The van der Waals surface area contributed by atoms with Crippen LogP contribution in [0, 0.1) is 0 Å². The van der Waals surface area contributed by atoms with Gasteiger partial charge in [-0.05, 0) is 6.42 Å². The van der Waals surface area contributed by atoms with Crippen LogP contribution in [0.3, 0.4) is 0 Å². The molecule has 2 nitrogen and oxygen atoms in total. The Kier molecular flexibility index (Phi) is 3.52. The Bertz CT molecular complexity index is 91.6. The van der Waals surface area contributed by atoms with Crippen molar-refractivity contribution in [1.29, 1.82) is 0 Å². The molecule has 0 aromatic heterocycles. The fraction of sp³-hybridized carbons (Fsp3) is 1.00. The van der Waals surface area contributed by atoms with Crippen molar-refractivity contribution in [1.82, 2.24) is 5.32 Å². The first-order chi connectivity index (χ1) is 4.79. The molecular formula is C7H15NOS. The molecule has 2 atom stereocenters. The van der Waals surface area contributed by atoms with Crippen molar-refractivity contribution in [2.24, 2.45) is 0 Å². The van der Waals surface area contributed by atoms with Gasteiger partial charge in [0.1, 0.15) is 0 Å². The zero-order chi connectivity index (χ0) is 7.40. The first-order valence-electron chi connectivity index (χ1n) is 3.78. The Morgan fingerprint density at radius 2 is 2.60 bits per heavy atom. The molecule has 2 unspecified atom stereocenters. The second kappa shape index (κ2) is 4.21. The Hall–Kier alpha value is 0.270.